The molecule has 1 aliphatic rings. The molecule has 0 saturated heterocycles. The molecule has 1 aliphatic carbocycles. The number of H-pyrrole nitrogens is 1. The van der Waals surface area contributed by atoms with Crippen LogP contribution in [0.3, 0.4) is 0 Å². The first kappa shape index (κ1) is 12.4. The van der Waals surface area contributed by atoms with Crippen molar-refractivity contribution in [1.82, 2.24) is 15.3 Å². The van der Waals surface area contributed by atoms with Crippen molar-refractivity contribution in [2.75, 3.05) is 13.6 Å². The molecule has 0 bridgehead atoms. The first-order chi connectivity index (χ1) is 9.14. The molecule has 0 radical (unpaired) electrons. The predicted molar refractivity (Wildman–Crippen MR) is 78.3 cm³/mol. The second-order valence-electron chi connectivity index (χ2n) is 5.77. The van der Waals surface area contributed by atoms with Gasteiger partial charge in [0.1, 0.15) is 5.82 Å². The standard InChI is InChI=1S/C16H21N3/c1-11-4-5-13(12(2)8-11)14-9-18-15(19-14)16(6-7-16)10-17-3/h4-5,8-9,17H,6-7,10H2,1-3H3,(H,18,19). The summed E-state index contributed by atoms with van der Waals surface area (Å²) < 4.78 is 0. The minimum Gasteiger partial charge on any atom is -0.341 e. The number of nitrogens with zero attached hydrogens (tertiary/aromatic N) is 1. The molecule has 1 aromatic carbocycles. The van der Waals surface area contributed by atoms with Crippen LogP contribution < -0.4 is 5.32 Å². The molecular formula is C16H21N3. The Labute approximate surface area is 114 Å². The molecule has 1 saturated carbocycles. The number of rotatable bonds is 4. The van der Waals surface area contributed by atoms with E-state index in [1.165, 1.54) is 29.5 Å². The fourth-order valence-electron chi connectivity index (χ4n) is 2.83. The maximum absolute atomic E-state index is 4.61. The van der Waals surface area contributed by atoms with Crippen LogP contribution in [0.2, 0.25) is 0 Å². The van der Waals surface area contributed by atoms with E-state index in [2.05, 4.69) is 47.3 Å². The largest absolute Gasteiger partial charge is 0.341 e. The first-order valence-electron chi connectivity index (χ1n) is 6.92. The van der Waals surface area contributed by atoms with Crippen molar-refractivity contribution < 1.29 is 0 Å². The Kier molecular flexibility index (Phi) is 2.94. The fourth-order valence-corrected chi connectivity index (χ4v) is 2.83. The Morgan fingerprint density at radius 1 is 1.32 bits per heavy atom. The van der Waals surface area contributed by atoms with Crippen LogP contribution in [-0.2, 0) is 5.41 Å². The van der Waals surface area contributed by atoms with Crippen molar-refractivity contribution in [3.8, 4) is 11.3 Å². The second kappa shape index (κ2) is 4.49. The average molecular weight is 255 g/mol. The van der Waals surface area contributed by atoms with E-state index < -0.39 is 0 Å². The van der Waals surface area contributed by atoms with E-state index in [9.17, 15) is 0 Å². The van der Waals surface area contributed by atoms with Crippen LogP contribution in [0.5, 0.6) is 0 Å². The second-order valence-corrected chi connectivity index (χ2v) is 5.77. The summed E-state index contributed by atoms with van der Waals surface area (Å²) in [4.78, 5) is 8.14. The van der Waals surface area contributed by atoms with Gasteiger partial charge in [0.25, 0.3) is 0 Å². The number of benzene rings is 1. The van der Waals surface area contributed by atoms with E-state index in [1.807, 2.05) is 13.2 Å². The molecule has 0 unspecified atom stereocenters. The van der Waals surface area contributed by atoms with Gasteiger partial charge < -0.3 is 10.3 Å². The third-order valence-electron chi connectivity index (χ3n) is 4.12. The lowest BCUT2D eigenvalue weighted by Gasteiger charge is -2.11. The Balaban J connectivity index is 1.93. The Morgan fingerprint density at radius 2 is 2.11 bits per heavy atom. The van der Waals surface area contributed by atoms with Crippen LogP contribution in [-0.4, -0.2) is 23.6 Å². The normalized spacial score (nSPS) is 16.6. The zero-order chi connectivity index (χ0) is 13.5. The molecule has 3 heteroatoms. The van der Waals surface area contributed by atoms with Gasteiger partial charge >= 0.3 is 0 Å². The Bertz CT molecular complexity index is 594. The van der Waals surface area contributed by atoms with Gasteiger partial charge in [-0.25, -0.2) is 4.98 Å². The summed E-state index contributed by atoms with van der Waals surface area (Å²) in [6, 6.07) is 6.55. The number of imidazole rings is 1. The van der Waals surface area contributed by atoms with Gasteiger partial charge in [0.15, 0.2) is 0 Å². The molecule has 0 spiro atoms. The van der Waals surface area contributed by atoms with Gasteiger partial charge in [-0.1, -0.05) is 23.8 Å². The van der Waals surface area contributed by atoms with Crippen molar-refractivity contribution >= 4 is 0 Å². The van der Waals surface area contributed by atoms with E-state index >= 15 is 0 Å². The minimum absolute atomic E-state index is 0.256. The highest BCUT2D eigenvalue weighted by atomic mass is 15.0. The zero-order valence-electron chi connectivity index (χ0n) is 11.9. The van der Waals surface area contributed by atoms with Crippen molar-refractivity contribution in [2.24, 2.45) is 0 Å². The summed E-state index contributed by atoms with van der Waals surface area (Å²) in [6.07, 6.45) is 4.43. The molecule has 0 aliphatic heterocycles. The quantitative estimate of drug-likeness (QED) is 0.882. The molecule has 3 rings (SSSR count). The average Bonchev–Trinajstić information content (AvgIpc) is 2.99. The predicted octanol–water partition coefficient (Wildman–Crippen LogP) is 2.94. The fraction of sp³-hybridized carbons (Fsp3) is 0.438. The summed E-state index contributed by atoms with van der Waals surface area (Å²) in [6.45, 7) is 5.29. The SMILES string of the molecule is CNCC1(c2ncc(-c3ccc(C)cc3C)[nH]2)CC1. The lowest BCUT2D eigenvalue weighted by molar-refractivity contribution is 0.594. The summed E-state index contributed by atoms with van der Waals surface area (Å²) in [5, 5.41) is 3.28. The topological polar surface area (TPSA) is 40.7 Å². The molecule has 2 N–H and O–H groups in total. The van der Waals surface area contributed by atoms with Gasteiger partial charge in [-0.2, -0.15) is 0 Å². The van der Waals surface area contributed by atoms with E-state index in [-0.39, 0.29) is 5.41 Å². The monoisotopic (exact) mass is 255 g/mol. The maximum atomic E-state index is 4.61. The highest BCUT2D eigenvalue weighted by Gasteiger charge is 2.46. The van der Waals surface area contributed by atoms with Crippen LogP contribution in [0, 0.1) is 13.8 Å². The number of likely N-dealkylation sites (N-methyl/N-ethyl adjacent to an activating group) is 1. The molecule has 1 aromatic heterocycles. The van der Waals surface area contributed by atoms with Crippen LogP contribution in [0.4, 0.5) is 0 Å². The number of aromatic nitrogens is 2. The number of aryl methyl sites for hydroxylation is 2. The molecule has 100 valence electrons. The van der Waals surface area contributed by atoms with E-state index in [0.717, 1.165) is 18.1 Å². The summed E-state index contributed by atoms with van der Waals surface area (Å²) in [5.41, 5.74) is 5.24. The lowest BCUT2D eigenvalue weighted by Crippen LogP contribution is -2.24. The summed E-state index contributed by atoms with van der Waals surface area (Å²) in [5.74, 6) is 1.14. The minimum atomic E-state index is 0.256. The highest BCUT2D eigenvalue weighted by molar-refractivity contribution is 5.63. The maximum Gasteiger partial charge on any atom is 0.114 e. The first-order valence-corrected chi connectivity index (χ1v) is 6.92. The van der Waals surface area contributed by atoms with Crippen LogP contribution in [0.15, 0.2) is 24.4 Å². The van der Waals surface area contributed by atoms with Crippen LogP contribution >= 0.6 is 0 Å². The molecular weight excluding hydrogens is 234 g/mol. The Morgan fingerprint density at radius 3 is 2.74 bits per heavy atom. The van der Waals surface area contributed by atoms with Gasteiger partial charge in [-0.3, -0.25) is 0 Å². The lowest BCUT2D eigenvalue weighted by atomic mass is 10.0. The summed E-state index contributed by atoms with van der Waals surface area (Å²) in [7, 11) is 2.01. The van der Waals surface area contributed by atoms with E-state index in [1.54, 1.807) is 0 Å². The van der Waals surface area contributed by atoms with Crippen molar-refractivity contribution in [3.63, 3.8) is 0 Å². The molecule has 2 aromatic rings. The zero-order valence-corrected chi connectivity index (χ0v) is 11.9. The van der Waals surface area contributed by atoms with Crippen LogP contribution in [0.25, 0.3) is 11.3 Å². The van der Waals surface area contributed by atoms with Crippen LogP contribution in [0.1, 0.15) is 29.8 Å². The van der Waals surface area contributed by atoms with Gasteiger partial charge in [0, 0.05) is 17.5 Å². The van der Waals surface area contributed by atoms with Crippen molar-refractivity contribution in [1.29, 1.82) is 0 Å². The molecule has 0 amide bonds. The third kappa shape index (κ3) is 2.19. The van der Waals surface area contributed by atoms with Gasteiger partial charge in [0.05, 0.1) is 11.9 Å². The number of nitrogens with one attached hydrogen (secondary N) is 2. The molecule has 1 heterocycles. The van der Waals surface area contributed by atoms with Gasteiger partial charge in [0.2, 0.25) is 0 Å². The molecule has 19 heavy (non-hydrogen) atoms. The van der Waals surface area contributed by atoms with E-state index in [4.69, 9.17) is 0 Å². The molecule has 0 atom stereocenters. The summed E-state index contributed by atoms with van der Waals surface area (Å²) >= 11 is 0. The highest BCUT2D eigenvalue weighted by Crippen LogP contribution is 2.46. The Hall–Kier alpha value is -1.61. The van der Waals surface area contributed by atoms with Crippen molar-refractivity contribution in [3.05, 3.63) is 41.3 Å². The van der Waals surface area contributed by atoms with Gasteiger partial charge in [-0.05, 0) is 39.3 Å². The number of aromatic amines is 1. The molecule has 1 fully saturated rings. The number of hydrogen-bond acceptors (Lipinski definition) is 2. The van der Waals surface area contributed by atoms with Gasteiger partial charge in [-0.15, -0.1) is 0 Å². The smallest absolute Gasteiger partial charge is 0.114 e. The van der Waals surface area contributed by atoms with Crippen molar-refractivity contribution in [2.45, 2.75) is 32.1 Å². The molecule has 3 nitrogen and oxygen atoms in total. The third-order valence-corrected chi connectivity index (χ3v) is 4.12. The number of hydrogen-bond donors (Lipinski definition) is 2. The van der Waals surface area contributed by atoms with E-state index in [0.29, 0.717) is 0 Å².